The van der Waals surface area contributed by atoms with Gasteiger partial charge in [0.1, 0.15) is 0 Å². The summed E-state index contributed by atoms with van der Waals surface area (Å²) in [5.74, 6) is 0. The first kappa shape index (κ1) is 22.2. The zero-order valence-electron chi connectivity index (χ0n) is 20.8. The molecule has 6 heteroatoms. The zero-order valence-corrected chi connectivity index (χ0v) is 20.8. The molecule has 36 heavy (non-hydrogen) atoms. The molecule has 7 rings (SSSR count). The van der Waals surface area contributed by atoms with Gasteiger partial charge >= 0.3 is 0 Å². The molecule has 2 unspecified atom stereocenters. The Morgan fingerprint density at radius 1 is 0.639 bits per heavy atom. The van der Waals surface area contributed by atoms with Gasteiger partial charge in [-0.3, -0.25) is 18.9 Å². The Hall–Kier alpha value is -2.99. The Morgan fingerprint density at radius 2 is 1.28 bits per heavy atom. The van der Waals surface area contributed by atoms with Crippen LogP contribution in [-0.4, -0.2) is 37.0 Å². The number of aromatic nitrogens is 3. The highest BCUT2D eigenvalue weighted by Crippen LogP contribution is 2.44. The van der Waals surface area contributed by atoms with E-state index < -0.39 is 0 Å². The van der Waals surface area contributed by atoms with Crippen LogP contribution in [0.4, 0.5) is 0 Å². The largest absolute Gasteiger partial charge is 0.300 e. The lowest BCUT2D eigenvalue weighted by Crippen LogP contribution is -2.50. The van der Waals surface area contributed by atoms with Gasteiger partial charge in [0.25, 0.3) is 11.1 Å². The minimum atomic E-state index is -0.171. The predicted octanol–water partition coefficient (Wildman–Crippen LogP) is 5.44. The molecular weight excluding hydrogens is 448 g/mol. The molecule has 0 spiro atoms. The van der Waals surface area contributed by atoms with Crippen molar-refractivity contribution in [2.24, 2.45) is 0 Å². The smallest absolute Gasteiger partial charge is 0.295 e. The quantitative estimate of drug-likeness (QED) is 0.282. The normalized spacial score (nSPS) is 25.9. The van der Waals surface area contributed by atoms with Gasteiger partial charge in [-0.25, -0.2) is 4.98 Å². The summed E-state index contributed by atoms with van der Waals surface area (Å²) >= 11 is 0. The molecule has 0 radical (unpaired) electrons. The summed E-state index contributed by atoms with van der Waals surface area (Å²) in [6.45, 7) is 0. The van der Waals surface area contributed by atoms with Crippen LogP contribution >= 0.6 is 0 Å². The number of fused-ring (bicyclic) bond motifs is 6. The highest BCUT2D eigenvalue weighted by molar-refractivity contribution is 5.84. The molecule has 0 N–H and O–H groups in total. The van der Waals surface area contributed by atoms with Gasteiger partial charge in [-0.15, -0.1) is 0 Å². The average Bonchev–Trinajstić information content (AvgIpc) is 3.13. The molecule has 2 saturated heterocycles. The van der Waals surface area contributed by atoms with Crippen molar-refractivity contribution >= 4 is 27.6 Å². The lowest BCUT2D eigenvalue weighted by atomic mass is 9.89. The Labute approximate surface area is 210 Å². The summed E-state index contributed by atoms with van der Waals surface area (Å²) < 4.78 is 3.53. The lowest BCUT2D eigenvalue weighted by Gasteiger charge is -2.45. The molecule has 2 aliphatic heterocycles. The van der Waals surface area contributed by atoms with Crippen LogP contribution in [0, 0.1) is 0 Å². The van der Waals surface area contributed by atoms with E-state index in [1.165, 1.54) is 62.2 Å². The van der Waals surface area contributed by atoms with E-state index in [1.54, 1.807) is 6.07 Å². The monoisotopic (exact) mass is 482 g/mol. The number of rotatable bonds is 2. The van der Waals surface area contributed by atoms with Gasteiger partial charge < -0.3 is 4.57 Å². The second kappa shape index (κ2) is 8.84. The third-order valence-electron chi connectivity index (χ3n) is 9.19. The molecule has 2 bridgehead atoms. The van der Waals surface area contributed by atoms with E-state index in [1.807, 2.05) is 47.0 Å². The van der Waals surface area contributed by atoms with Crippen LogP contribution in [0.5, 0.6) is 0 Å². The van der Waals surface area contributed by atoms with Gasteiger partial charge in [-0.05, 0) is 62.8 Å². The summed E-state index contributed by atoms with van der Waals surface area (Å²) in [5, 5.41) is 0.544. The van der Waals surface area contributed by atoms with Crippen LogP contribution in [0.25, 0.3) is 27.6 Å². The van der Waals surface area contributed by atoms with Gasteiger partial charge in [0, 0.05) is 24.2 Å². The molecule has 4 heterocycles. The molecule has 3 aliphatic rings. The SMILES string of the molecule is O=c1c2nc3ccccc3c(=O)n2c2ccccc2n1C1CC2CCC(C1)N2C1CCCCCCC1. The molecule has 6 nitrogen and oxygen atoms in total. The molecular formula is C30H34N4O2. The number of hydrogen-bond acceptors (Lipinski definition) is 4. The topological polar surface area (TPSA) is 59.6 Å². The van der Waals surface area contributed by atoms with E-state index in [2.05, 4.69) is 4.90 Å². The summed E-state index contributed by atoms with van der Waals surface area (Å²) in [6.07, 6.45) is 14.0. The lowest BCUT2D eigenvalue weighted by molar-refractivity contribution is 0.0498. The van der Waals surface area contributed by atoms with Crippen LogP contribution in [0.15, 0.2) is 58.1 Å². The van der Waals surface area contributed by atoms with Gasteiger partial charge in [-0.1, -0.05) is 56.4 Å². The molecule has 1 aliphatic carbocycles. The van der Waals surface area contributed by atoms with E-state index in [-0.39, 0.29) is 22.8 Å². The van der Waals surface area contributed by atoms with Crippen LogP contribution in [0.1, 0.15) is 76.7 Å². The van der Waals surface area contributed by atoms with Gasteiger partial charge in [0.2, 0.25) is 5.65 Å². The second-order valence-electron chi connectivity index (χ2n) is 11.2. The van der Waals surface area contributed by atoms with Crippen molar-refractivity contribution in [2.45, 2.75) is 94.8 Å². The number of benzene rings is 2. The fraction of sp³-hybridized carbons (Fsp3) is 0.500. The Balaban J connectivity index is 1.34. The first-order valence-corrected chi connectivity index (χ1v) is 13.9. The van der Waals surface area contributed by atoms with Crippen molar-refractivity contribution in [1.82, 2.24) is 18.9 Å². The Bertz CT molecular complexity index is 1550. The zero-order chi connectivity index (χ0) is 24.2. The van der Waals surface area contributed by atoms with E-state index in [4.69, 9.17) is 4.98 Å². The van der Waals surface area contributed by atoms with Crippen LogP contribution in [0.2, 0.25) is 0 Å². The minimum Gasteiger partial charge on any atom is -0.300 e. The van der Waals surface area contributed by atoms with Crippen LogP contribution in [0.3, 0.4) is 0 Å². The molecule has 3 fully saturated rings. The predicted molar refractivity (Wildman–Crippen MR) is 144 cm³/mol. The third-order valence-corrected chi connectivity index (χ3v) is 9.19. The average molecular weight is 483 g/mol. The molecule has 2 aromatic heterocycles. The van der Waals surface area contributed by atoms with Gasteiger partial charge in [0.05, 0.1) is 21.9 Å². The van der Waals surface area contributed by atoms with Gasteiger partial charge in [0.15, 0.2) is 0 Å². The van der Waals surface area contributed by atoms with Crippen molar-refractivity contribution in [3.8, 4) is 0 Å². The Kier molecular flexibility index (Phi) is 5.46. The van der Waals surface area contributed by atoms with Crippen molar-refractivity contribution in [3.63, 3.8) is 0 Å². The number of para-hydroxylation sites is 3. The van der Waals surface area contributed by atoms with E-state index in [0.29, 0.717) is 29.0 Å². The second-order valence-corrected chi connectivity index (χ2v) is 11.2. The van der Waals surface area contributed by atoms with Crippen LogP contribution < -0.4 is 11.1 Å². The Morgan fingerprint density at radius 3 is 2.03 bits per heavy atom. The standard InChI is InChI=1S/C30H34N4O2/c35-29-24-12-6-7-13-25(24)31-28-30(36)33(26-14-8-9-15-27(26)34(28)29)23-18-21-16-17-22(19-23)32(21)20-10-4-2-1-3-5-11-20/h6-9,12-15,20-23H,1-5,10-11,16-19H2. The summed E-state index contributed by atoms with van der Waals surface area (Å²) in [5.41, 5.74) is 2.13. The maximum absolute atomic E-state index is 14.1. The highest BCUT2D eigenvalue weighted by atomic mass is 16.1. The highest BCUT2D eigenvalue weighted by Gasteiger charge is 2.44. The third kappa shape index (κ3) is 3.45. The maximum atomic E-state index is 14.1. The molecule has 4 aromatic rings. The first-order valence-electron chi connectivity index (χ1n) is 13.9. The summed E-state index contributed by atoms with van der Waals surface area (Å²) in [7, 11) is 0. The molecule has 0 amide bonds. The minimum absolute atomic E-state index is 0.137. The molecule has 1 saturated carbocycles. The number of nitrogens with zero attached hydrogens (tertiary/aromatic N) is 4. The fourth-order valence-corrected chi connectivity index (χ4v) is 7.66. The molecule has 186 valence electrons. The van der Waals surface area contributed by atoms with Crippen molar-refractivity contribution in [3.05, 3.63) is 69.2 Å². The summed E-state index contributed by atoms with van der Waals surface area (Å²) in [6, 6.07) is 17.1. The van der Waals surface area contributed by atoms with E-state index >= 15 is 0 Å². The first-order chi connectivity index (χ1) is 17.7. The van der Waals surface area contributed by atoms with Crippen molar-refractivity contribution in [1.29, 1.82) is 0 Å². The van der Waals surface area contributed by atoms with Crippen molar-refractivity contribution in [2.75, 3.05) is 0 Å². The maximum Gasteiger partial charge on any atom is 0.295 e. The number of piperidine rings is 1. The molecule has 2 atom stereocenters. The van der Waals surface area contributed by atoms with Crippen LogP contribution in [-0.2, 0) is 0 Å². The van der Waals surface area contributed by atoms with Crippen molar-refractivity contribution < 1.29 is 0 Å². The molecule has 2 aromatic carbocycles. The van der Waals surface area contributed by atoms with Gasteiger partial charge in [-0.2, -0.15) is 0 Å². The fourth-order valence-electron chi connectivity index (χ4n) is 7.66. The number of hydrogen-bond donors (Lipinski definition) is 0. The van der Waals surface area contributed by atoms with E-state index in [0.717, 1.165) is 23.9 Å². The summed E-state index contributed by atoms with van der Waals surface area (Å²) in [4.78, 5) is 35.2. The van der Waals surface area contributed by atoms with E-state index in [9.17, 15) is 9.59 Å².